The van der Waals surface area contributed by atoms with Crippen molar-refractivity contribution in [3.63, 3.8) is 0 Å². The van der Waals surface area contributed by atoms with Crippen LogP contribution in [0, 0.1) is 0 Å². The van der Waals surface area contributed by atoms with Crippen molar-refractivity contribution in [1.29, 1.82) is 0 Å². The van der Waals surface area contributed by atoms with E-state index in [2.05, 4.69) is 15.4 Å². The fourth-order valence-corrected chi connectivity index (χ4v) is 4.71. The second-order valence-electron chi connectivity index (χ2n) is 6.10. The number of nitrogens with zero attached hydrogens (tertiary/aromatic N) is 3. The Morgan fingerprint density at radius 3 is 2.71 bits per heavy atom. The maximum atomic E-state index is 12.3. The molecule has 28 heavy (non-hydrogen) atoms. The van der Waals surface area contributed by atoms with Crippen LogP contribution in [0.4, 0.5) is 5.82 Å². The number of anilines is 1. The lowest BCUT2D eigenvalue weighted by atomic mass is 10.2. The Morgan fingerprint density at radius 2 is 2.04 bits per heavy atom. The van der Waals surface area contributed by atoms with Gasteiger partial charge in [-0.15, -0.1) is 22.7 Å². The lowest BCUT2D eigenvalue weighted by Gasteiger charge is -2.17. The minimum Gasteiger partial charge on any atom is -0.461 e. The number of carbonyl (C=O) groups excluding carboxylic acids is 2. The maximum absolute atomic E-state index is 12.3. The van der Waals surface area contributed by atoms with E-state index in [-0.39, 0.29) is 0 Å². The number of hydrogen-bond donors (Lipinski definition) is 1. The predicted octanol–water partition coefficient (Wildman–Crippen LogP) is 4.32. The van der Waals surface area contributed by atoms with Crippen molar-refractivity contribution >= 4 is 50.5 Å². The molecule has 0 saturated carbocycles. The van der Waals surface area contributed by atoms with Gasteiger partial charge < -0.3 is 4.42 Å². The summed E-state index contributed by atoms with van der Waals surface area (Å²) in [5.74, 6) is 0.435. The zero-order chi connectivity index (χ0) is 19.3. The van der Waals surface area contributed by atoms with Gasteiger partial charge in [0.05, 0.1) is 11.6 Å². The Hall–Kier alpha value is -3.30. The van der Waals surface area contributed by atoms with Gasteiger partial charge in [0.15, 0.2) is 17.4 Å². The smallest absolute Gasteiger partial charge is 0.275 e. The second-order valence-corrected chi connectivity index (χ2v) is 7.90. The van der Waals surface area contributed by atoms with Gasteiger partial charge in [0.1, 0.15) is 4.83 Å². The molecule has 9 heteroatoms. The molecule has 0 aromatic carbocycles. The van der Waals surface area contributed by atoms with Crippen LogP contribution in [-0.2, 0) is 9.59 Å². The fourth-order valence-electron chi connectivity index (χ4n) is 2.95. The molecule has 4 aromatic rings. The first-order valence-electron chi connectivity index (χ1n) is 8.32. The van der Waals surface area contributed by atoms with Gasteiger partial charge in [-0.2, -0.15) is 5.01 Å². The largest absolute Gasteiger partial charge is 0.461 e. The quantitative estimate of drug-likeness (QED) is 0.506. The van der Waals surface area contributed by atoms with Crippen LogP contribution in [0.3, 0.4) is 0 Å². The second kappa shape index (κ2) is 6.39. The molecule has 0 atom stereocenters. The summed E-state index contributed by atoms with van der Waals surface area (Å²) in [6.45, 7) is 1.60. The summed E-state index contributed by atoms with van der Waals surface area (Å²) in [6, 6.07) is 7.49. The molecule has 0 spiro atoms. The molecule has 0 unspecified atom stereocenters. The number of hydrazine groups is 1. The highest BCUT2D eigenvalue weighted by atomic mass is 32.1. The molecule has 0 saturated heterocycles. The fraction of sp³-hybridized carbons (Fsp3) is 0.0526. The third-order valence-electron chi connectivity index (χ3n) is 4.28. The minimum atomic E-state index is -0.429. The Labute approximate surface area is 166 Å². The molecule has 1 aliphatic heterocycles. The number of thiophene rings is 2. The van der Waals surface area contributed by atoms with Crippen LogP contribution in [-0.4, -0.2) is 26.8 Å². The number of carbonyl (C=O) groups is 2. The third-order valence-corrected chi connectivity index (χ3v) is 6.06. The lowest BCUT2D eigenvalue weighted by molar-refractivity contribution is -0.135. The van der Waals surface area contributed by atoms with E-state index in [9.17, 15) is 9.59 Å². The predicted molar refractivity (Wildman–Crippen MR) is 108 cm³/mol. The van der Waals surface area contributed by atoms with E-state index in [1.54, 1.807) is 36.7 Å². The molecular weight excluding hydrogens is 396 g/mol. The van der Waals surface area contributed by atoms with Crippen LogP contribution in [0.2, 0.25) is 0 Å². The van der Waals surface area contributed by atoms with Crippen molar-refractivity contribution in [3.05, 3.63) is 52.9 Å². The van der Waals surface area contributed by atoms with Gasteiger partial charge in [0, 0.05) is 27.5 Å². The number of hydrogen-bond acceptors (Lipinski definition) is 8. The zero-order valence-electron chi connectivity index (χ0n) is 14.5. The molecule has 1 aliphatic rings. The molecule has 4 aromatic heterocycles. The van der Waals surface area contributed by atoms with Crippen molar-refractivity contribution in [2.24, 2.45) is 0 Å². The van der Waals surface area contributed by atoms with Crippen LogP contribution in [0.5, 0.6) is 0 Å². The van der Waals surface area contributed by atoms with Crippen molar-refractivity contribution in [2.45, 2.75) is 6.92 Å². The maximum Gasteiger partial charge on any atom is 0.275 e. The average molecular weight is 408 g/mol. The highest BCUT2D eigenvalue weighted by molar-refractivity contribution is 7.18. The molecule has 5 heterocycles. The van der Waals surface area contributed by atoms with Crippen molar-refractivity contribution in [1.82, 2.24) is 15.0 Å². The van der Waals surface area contributed by atoms with Gasteiger partial charge in [-0.3, -0.25) is 15.0 Å². The van der Waals surface area contributed by atoms with E-state index < -0.39 is 11.8 Å². The van der Waals surface area contributed by atoms with Crippen molar-refractivity contribution in [3.8, 4) is 22.0 Å². The van der Waals surface area contributed by atoms with Crippen LogP contribution >= 0.6 is 22.7 Å². The summed E-state index contributed by atoms with van der Waals surface area (Å²) in [5, 5.41) is 5.72. The third kappa shape index (κ3) is 2.63. The first-order valence-corrected chi connectivity index (χ1v) is 10.1. The summed E-state index contributed by atoms with van der Waals surface area (Å²) in [4.78, 5) is 35.5. The summed E-state index contributed by atoms with van der Waals surface area (Å²) in [5.41, 5.74) is 4.23. The standard InChI is InChI=1S/C19H12N4O3S2/c1-10-8-14(24)23(19(10)25)22-17-15-11(13-5-3-7-27-13)9-28-18(15)21-16(20-17)12-4-2-6-26-12/h2-9H,1H3,(H,20,21,22). The number of rotatable bonds is 4. The van der Waals surface area contributed by atoms with E-state index in [1.165, 1.54) is 17.4 Å². The van der Waals surface area contributed by atoms with Gasteiger partial charge in [0.2, 0.25) is 0 Å². The molecule has 0 aliphatic carbocycles. The number of aromatic nitrogens is 2. The van der Waals surface area contributed by atoms with Crippen LogP contribution in [0.1, 0.15) is 6.92 Å². The molecule has 7 nitrogen and oxygen atoms in total. The normalized spacial score (nSPS) is 14.2. The molecule has 1 N–H and O–H groups in total. The Morgan fingerprint density at radius 1 is 1.14 bits per heavy atom. The van der Waals surface area contributed by atoms with Gasteiger partial charge >= 0.3 is 0 Å². The van der Waals surface area contributed by atoms with E-state index >= 15 is 0 Å². The topological polar surface area (TPSA) is 88.3 Å². The molecule has 2 amide bonds. The molecule has 5 rings (SSSR count). The zero-order valence-corrected chi connectivity index (χ0v) is 16.1. The summed E-state index contributed by atoms with van der Waals surface area (Å²) < 4.78 is 5.43. The van der Waals surface area contributed by atoms with E-state index in [0.29, 0.717) is 23.0 Å². The molecule has 0 bridgehead atoms. The van der Waals surface area contributed by atoms with E-state index in [4.69, 9.17) is 4.42 Å². The van der Waals surface area contributed by atoms with Crippen molar-refractivity contribution < 1.29 is 14.0 Å². The Kier molecular flexibility index (Phi) is 3.85. The van der Waals surface area contributed by atoms with Gasteiger partial charge in [-0.05, 0) is 30.5 Å². The SMILES string of the molecule is CC1=CC(=O)N(Nc2nc(-c3ccco3)nc3scc(-c4cccs4)c23)C1=O. The summed E-state index contributed by atoms with van der Waals surface area (Å²) in [6.07, 6.45) is 2.84. The number of nitrogens with one attached hydrogen (secondary N) is 1. The Balaban J connectivity index is 1.69. The van der Waals surface area contributed by atoms with Crippen molar-refractivity contribution in [2.75, 3.05) is 5.43 Å². The van der Waals surface area contributed by atoms with Crippen LogP contribution < -0.4 is 5.43 Å². The monoisotopic (exact) mass is 408 g/mol. The molecule has 0 radical (unpaired) electrons. The highest BCUT2D eigenvalue weighted by Crippen LogP contribution is 2.40. The van der Waals surface area contributed by atoms with Gasteiger partial charge in [-0.1, -0.05) is 6.07 Å². The van der Waals surface area contributed by atoms with Gasteiger partial charge in [-0.25, -0.2) is 9.97 Å². The summed E-state index contributed by atoms with van der Waals surface area (Å²) >= 11 is 3.07. The van der Waals surface area contributed by atoms with Gasteiger partial charge in [0.25, 0.3) is 11.8 Å². The molecular formula is C19H12N4O3S2. The van der Waals surface area contributed by atoms with E-state index in [1.807, 2.05) is 22.9 Å². The minimum absolute atomic E-state index is 0.373. The number of imide groups is 1. The highest BCUT2D eigenvalue weighted by Gasteiger charge is 2.30. The first kappa shape index (κ1) is 16.8. The first-order chi connectivity index (χ1) is 13.6. The average Bonchev–Trinajstić information content (AvgIpc) is 3.46. The van der Waals surface area contributed by atoms with E-state index in [0.717, 1.165) is 25.7 Å². The van der Waals surface area contributed by atoms with Crippen LogP contribution in [0.25, 0.3) is 32.2 Å². The Bertz CT molecular complexity index is 1240. The van der Waals surface area contributed by atoms with Crippen LogP contribution in [0.15, 0.2) is 57.4 Å². The number of amides is 2. The molecule has 0 fully saturated rings. The lowest BCUT2D eigenvalue weighted by Crippen LogP contribution is -2.36. The molecule has 138 valence electrons. The number of fused-ring (bicyclic) bond motifs is 1. The summed E-state index contributed by atoms with van der Waals surface area (Å²) in [7, 11) is 0. The number of furan rings is 1.